The molecule has 0 saturated carbocycles. The van der Waals surface area contributed by atoms with Crippen LogP contribution >= 0.6 is 225 Å². The largest absolute Gasteiger partial charge is 1.00 e. The Labute approximate surface area is 720 Å². The number of nitrogens with two attached hydrogens (primary N) is 2. The van der Waals surface area contributed by atoms with Crippen LogP contribution in [0.25, 0.3) is 41.9 Å². The molecule has 33 nitrogen and oxygen atoms in total. The smallest absolute Gasteiger partial charge is 1.00 e. The Morgan fingerprint density at radius 2 is 1.17 bits per heavy atom. The molecule has 0 atom stereocenters. The van der Waals surface area contributed by atoms with E-state index >= 15 is 0 Å². The van der Waals surface area contributed by atoms with Crippen LogP contribution in [0.3, 0.4) is 0 Å². The predicted octanol–water partition coefficient (Wildman–Crippen LogP) is 13.4. The van der Waals surface area contributed by atoms with Gasteiger partial charge in [0.25, 0.3) is 0 Å². The van der Waals surface area contributed by atoms with Gasteiger partial charge in [-0.1, -0.05) is 68.7 Å². The standard InChI is InChI=1S/C9H7BrN2O2S.C8H7BrN4O2S.C8H6BrN3O2S.C5HBrClN3S.C5H3BrN4S.C4H3Br2N3.C4H5NO2S.C4H8O2.C3H7NO2.CH4S.2ClH.Cu.Na.H/c1-14-8(13)3-5-2-6-9(15-5)12-7(10)4-11-6;1-2-15-8(14)13-7-12-5-6(16-7)11-4(9)3-10-5;1-14-6(13)2-5-12-7-8(15-5)11-4(9)3-10-7;2*6-2-1-8-3-4(9-2)11-5(7)10-3;5-2-1-8-4(7)3(6)9-2;1-2-7-4(6)5-3-8;1-3-6-4(2)5;1-3(2)6-4-5;1-2;;;;;/h3-4H,2H2,1H3;3H,2H2,1H3,(H,10,12,13,14);3H,2H2,1H3;1H;1H,(H2,7,8,10);1H,(H2,7,8);2H2,1H3;3H2,1-2H3;3H,1-2H3;2H,1H3;2*1H;;;/q;;;;;;;;;;;;+2;+1;-1/p-2/b5-3+;;;;;;;;;;;;;;/i;;;;;;;;;1D;;;;;. The van der Waals surface area contributed by atoms with Crippen LogP contribution in [-0.4, -0.2) is 161 Å². The number of isothiocyanates is 1. The number of fused-ring (bicyclic) bond motifs is 5. The molecule has 11 rings (SSSR count). The van der Waals surface area contributed by atoms with Gasteiger partial charge in [0.15, 0.2) is 67.8 Å². The minimum absolute atomic E-state index is 0. The molecule has 2 amide bonds. The summed E-state index contributed by atoms with van der Waals surface area (Å²) in [6.07, 6.45) is 10.7. The van der Waals surface area contributed by atoms with Crippen molar-refractivity contribution in [1.29, 1.82) is 0 Å². The number of amides is 2. The summed E-state index contributed by atoms with van der Waals surface area (Å²) >= 11 is 43.0. The van der Waals surface area contributed by atoms with Gasteiger partial charge in [0.05, 0.1) is 88.5 Å². The minimum Gasteiger partial charge on any atom is -1.00 e. The Hall–Kier alpha value is -3.82. The van der Waals surface area contributed by atoms with E-state index in [1.807, 2.05) is 5.16 Å². The summed E-state index contributed by atoms with van der Waals surface area (Å²) in [6, 6.07) is 0. The Morgan fingerprint density at radius 3 is 1.63 bits per heavy atom. The van der Waals surface area contributed by atoms with Crippen molar-refractivity contribution in [3.63, 3.8) is 0 Å². The van der Waals surface area contributed by atoms with E-state index < -0.39 is 12.2 Å². The van der Waals surface area contributed by atoms with Gasteiger partial charge in [-0.05, 0) is 165 Å². The van der Waals surface area contributed by atoms with Gasteiger partial charge in [0, 0.05) is 25.7 Å². The number of nitrogen functional groups attached to an aromatic ring is 2. The summed E-state index contributed by atoms with van der Waals surface area (Å²) in [4.78, 5) is 138. The summed E-state index contributed by atoms with van der Waals surface area (Å²) < 4.78 is 33.8. The number of aromatic nitrogens is 16. The second-order valence-electron chi connectivity index (χ2n) is 16.4. The number of nitrogens with one attached hydrogen (secondary N) is 1. The summed E-state index contributed by atoms with van der Waals surface area (Å²) in [5.41, 5.74) is 14.0. The van der Waals surface area contributed by atoms with Gasteiger partial charge in [0.2, 0.25) is 0 Å². The van der Waals surface area contributed by atoms with E-state index in [1.54, 1.807) is 71.8 Å². The van der Waals surface area contributed by atoms with Gasteiger partial charge >= 0.3 is 93.0 Å². The fourth-order valence-electron chi connectivity index (χ4n) is 5.43. The second-order valence-corrected chi connectivity index (χ2v) is 29.4. The first-order valence-electron chi connectivity index (χ1n) is 27.2. The van der Waals surface area contributed by atoms with Crippen LogP contribution in [-0.2, 0) is 68.9 Å². The molecule has 0 spiro atoms. The summed E-state index contributed by atoms with van der Waals surface area (Å²) in [5.74, 6) is -0.465. The van der Waals surface area contributed by atoms with Crippen LogP contribution in [0, 0.1) is 4.91 Å². The number of aliphatic imine (C=N–C) groups is 1. The third kappa shape index (κ3) is 43.1. The van der Waals surface area contributed by atoms with E-state index in [9.17, 15) is 24.0 Å². The summed E-state index contributed by atoms with van der Waals surface area (Å²) in [5, 5.41) is 9.00. The number of thiazole rings is 4. The number of thioether (sulfide) groups is 1. The fraction of sp³-hybridized carbons (Fsp3) is 0.294. The number of anilines is 3. The van der Waals surface area contributed by atoms with Crippen LogP contribution in [0.4, 0.5) is 25.7 Å². The van der Waals surface area contributed by atoms with Crippen LogP contribution in [0.5, 0.6) is 0 Å². The maximum atomic E-state index is 11.1. The molecule has 0 bridgehead atoms. The maximum absolute atomic E-state index is 11.1. The monoisotopic (exact) mass is 2120 g/mol. The third-order valence-electron chi connectivity index (χ3n) is 8.98. The van der Waals surface area contributed by atoms with Crippen molar-refractivity contribution in [3.8, 4) is 0 Å². The molecule has 557 valence electrons. The van der Waals surface area contributed by atoms with E-state index in [2.05, 4.69) is 276 Å². The molecule has 1 aliphatic rings. The van der Waals surface area contributed by atoms with Crippen LogP contribution in [0.1, 0.15) is 55.0 Å². The number of halogens is 10. The molecule has 0 aromatic carbocycles. The summed E-state index contributed by atoms with van der Waals surface area (Å²) in [6.45, 7) is 11.2. The molecular formula is C51H52Br7Cl3CuN21NaO12S7. The minimum atomic E-state index is -0.678. The Morgan fingerprint density at radius 1 is 0.709 bits per heavy atom. The van der Waals surface area contributed by atoms with Crippen molar-refractivity contribution < 1.29 is 98.0 Å². The average Bonchev–Trinajstić information content (AvgIpc) is 1.72. The first kappa shape index (κ1) is 97.2. The molecule has 11 heterocycles. The number of hydrogen-bond acceptors (Lipinski definition) is 38. The first-order chi connectivity index (χ1) is 48.9. The van der Waals surface area contributed by atoms with E-state index in [-0.39, 0.29) is 67.6 Å². The van der Waals surface area contributed by atoms with Crippen LogP contribution < -0.4 is 46.3 Å². The number of ether oxygens (including phenoxy) is 5. The molecule has 0 fully saturated rings. The molecule has 5 N–H and O–H groups in total. The number of esters is 3. The quantitative estimate of drug-likeness (QED) is 0.0120. The molecular weight excluding hydrogens is 2080 g/mol. The van der Waals surface area contributed by atoms with Crippen molar-refractivity contribution in [2.45, 2.75) is 65.5 Å². The molecule has 0 radical (unpaired) electrons. The molecule has 52 heteroatoms. The third-order valence-corrected chi connectivity index (χ3v) is 16.6. The number of methoxy groups -OCH3 is 2. The molecule has 0 aliphatic carbocycles. The average molecular weight is 2130 g/mol. The number of carbonyl (C=O) groups is 5. The molecule has 0 saturated heterocycles. The van der Waals surface area contributed by atoms with Crippen molar-refractivity contribution >= 4 is 319 Å². The van der Waals surface area contributed by atoms with Gasteiger partial charge in [-0.15, -0.1) is 9.90 Å². The Balaban J connectivity index is 0. The van der Waals surface area contributed by atoms with Gasteiger partial charge in [-0.2, -0.15) is 22.6 Å². The van der Waals surface area contributed by atoms with Gasteiger partial charge in [0.1, 0.15) is 48.4 Å². The summed E-state index contributed by atoms with van der Waals surface area (Å²) in [7, 11) is 12.1. The zero-order valence-corrected chi connectivity index (χ0v) is 76.0. The van der Waals surface area contributed by atoms with Crippen molar-refractivity contribution in [3.05, 3.63) is 100 Å². The van der Waals surface area contributed by atoms with E-state index in [0.717, 1.165) is 38.4 Å². The topological polar surface area (TPSA) is 453 Å². The van der Waals surface area contributed by atoms with Crippen molar-refractivity contribution in [2.75, 3.05) is 57.1 Å². The second kappa shape index (κ2) is 57.3. The van der Waals surface area contributed by atoms with E-state index in [0.29, 0.717) is 116 Å². The zero-order chi connectivity index (χ0) is 77.6. The van der Waals surface area contributed by atoms with Gasteiger partial charge in [-0.25, -0.2) is 79.2 Å². The van der Waals surface area contributed by atoms with Gasteiger partial charge < -0.3 is 41.4 Å². The number of nitrogens with zero attached hydrogens (tertiary/aromatic N) is 18. The van der Waals surface area contributed by atoms with Gasteiger partial charge in [-0.3, -0.25) is 19.9 Å². The number of hydrogen-bond donors (Lipinski definition) is 4. The Bertz CT molecular complexity index is 4360. The number of carbonyl (C=O) groups excluding carboxylic acids is 5. The molecule has 103 heavy (non-hydrogen) atoms. The predicted molar refractivity (Wildman–Crippen MR) is 423 cm³/mol. The SMILES string of the molecule is CC(C)ON=O.CCOC(=O)N=C=S.CCOC(=O)Nc1nc2ncc(Br)nc2s1.CCOC(C)=O.COC(=O)/C=C1\Cc2ncc(Br)nc2S1.COC(=O)Cc1nc2ncc(Br)nc2s1.Clc1nc2ncc(Br)nc2s1.Nc1nc2ncc(Br)nc2s1.Nc1ncc(Br)nc1Br.[2H]CS.[Cl][Cu][Cl].[H-].[Na+]. The molecule has 10 aromatic rings. The number of rotatable bonds is 9. The van der Waals surface area contributed by atoms with Crippen molar-refractivity contribution in [1.82, 2.24) is 79.7 Å². The van der Waals surface area contributed by atoms with E-state index in [1.165, 1.54) is 84.3 Å². The Kier molecular flexibility index (Phi) is 54.1. The number of allylic oxidation sites excluding steroid dienone is 1. The molecule has 1 aliphatic heterocycles. The first-order valence-corrected chi connectivity index (χ1v) is 40.2. The molecule has 0 unspecified atom stereocenters. The van der Waals surface area contributed by atoms with Crippen LogP contribution in [0.2, 0.25) is 4.47 Å². The number of thiol groups is 1. The fourth-order valence-corrected chi connectivity index (χ4v) is 12.6. The van der Waals surface area contributed by atoms with E-state index in [4.69, 9.17) is 34.1 Å². The van der Waals surface area contributed by atoms with Crippen LogP contribution in [0.15, 0.2) is 95.7 Å². The number of thiocarbonyl (C=S) groups is 1. The van der Waals surface area contributed by atoms with Crippen molar-refractivity contribution in [2.24, 2.45) is 10.3 Å². The molecule has 10 aromatic heterocycles. The maximum Gasteiger partial charge on any atom is 1.00 e. The normalized spacial score (nSPS) is 10.6. The zero-order valence-electron chi connectivity index (χ0n) is 55.9.